The number of aryl methyl sites for hydroxylation is 1. The molecule has 0 aliphatic rings. The van der Waals surface area contributed by atoms with Crippen LogP contribution in [0.2, 0.25) is 0 Å². The van der Waals surface area contributed by atoms with E-state index in [9.17, 15) is 23.1 Å². The summed E-state index contributed by atoms with van der Waals surface area (Å²) in [4.78, 5) is 19.4. The van der Waals surface area contributed by atoms with Crippen molar-refractivity contribution in [1.29, 1.82) is 0 Å². The third-order valence-corrected chi connectivity index (χ3v) is 3.53. The predicted octanol–water partition coefficient (Wildman–Crippen LogP) is 0.961. The molecule has 2 N–H and O–H groups in total. The standard InChI is InChI=1S/C14H18F3N5O2/c1-10(8-22-6-3-18-9-22)20-11(23)7-13(24,14(15,16)17)12-19-4-5-21(12)2/h3-6,9-10,24H,7-8H2,1-2H3,(H,20,23)/t10-,13-/m0/s1. The highest BCUT2D eigenvalue weighted by Crippen LogP contribution is 2.40. The zero-order chi connectivity index (χ0) is 18.0. The molecule has 132 valence electrons. The smallest absolute Gasteiger partial charge is 0.374 e. The molecule has 7 nitrogen and oxygen atoms in total. The molecule has 2 atom stereocenters. The Hall–Kier alpha value is -2.36. The zero-order valence-electron chi connectivity index (χ0n) is 13.2. The monoisotopic (exact) mass is 345 g/mol. The number of hydrogen-bond acceptors (Lipinski definition) is 4. The van der Waals surface area contributed by atoms with Gasteiger partial charge in [0.15, 0.2) is 5.82 Å². The summed E-state index contributed by atoms with van der Waals surface area (Å²) >= 11 is 0. The highest BCUT2D eigenvalue weighted by atomic mass is 19.4. The van der Waals surface area contributed by atoms with Crippen LogP contribution in [-0.2, 0) is 24.0 Å². The Balaban J connectivity index is 2.10. The van der Waals surface area contributed by atoms with E-state index in [1.165, 1.54) is 19.6 Å². The summed E-state index contributed by atoms with van der Waals surface area (Å²) in [5.41, 5.74) is -3.36. The number of carbonyl (C=O) groups is 1. The molecule has 24 heavy (non-hydrogen) atoms. The van der Waals surface area contributed by atoms with Crippen molar-refractivity contribution in [2.75, 3.05) is 0 Å². The molecule has 0 saturated carbocycles. The SMILES string of the molecule is C[C@@H](Cn1ccnc1)NC(=O)C[C@](O)(c1nccn1C)C(F)(F)F. The number of alkyl halides is 3. The second kappa shape index (κ2) is 6.63. The van der Waals surface area contributed by atoms with Gasteiger partial charge in [0.05, 0.1) is 12.7 Å². The van der Waals surface area contributed by atoms with Crippen LogP contribution in [0.1, 0.15) is 19.2 Å². The zero-order valence-corrected chi connectivity index (χ0v) is 13.2. The van der Waals surface area contributed by atoms with Crippen LogP contribution in [0, 0.1) is 0 Å². The van der Waals surface area contributed by atoms with Crippen LogP contribution in [0.15, 0.2) is 31.1 Å². The number of rotatable bonds is 6. The molecule has 0 unspecified atom stereocenters. The molecule has 2 aromatic rings. The van der Waals surface area contributed by atoms with Crippen LogP contribution >= 0.6 is 0 Å². The Morgan fingerprint density at radius 3 is 2.58 bits per heavy atom. The predicted molar refractivity (Wildman–Crippen MR) is 77.6 cm³/mol. The number of carbonyl (C=O) groups excluding carboxylic acids is 1. The second-order valence-electron chi connectivity index (χ2n) is 5.62. The lowest BCUT2D eigenvalue weighted by Gasteiger charge is -2.29. The van der Waals surface area contributed by atoms with Gasteiger partial charge in [-0.05, 0) is 6.92 Å². The van der Waals surface area contributed by atoms with Gasteiger partial charge in [-0.2, -0.15) is 13.2 Å². The van der Waals surface area contributed by atoms with Gasteiger partial charge in [-0.15, -0.1) is 0 Å². The van der Waals surface area contributed by atoms with Gasteiger partial charge in [0, 0.05) is 44.4 Å². The first-order chi connectivity index (χ1) is 11.1. The van der Waals surface area contributed by atoms with Gasteiger partial charge in [-0.1, -0.05) is 0 Å². The molecular formula is C14H18F3N5O2. The average molecular weight is 345 g/mol. The van der Waals surface area contributed by atoms with Crippen molar-refractivity contribution in [2.24, 2.45) is 7.05 Å². The molecule has 2 heterocycles. The lowest BCUT2D eigenvalue weighted by molar-refractivity contribution is -0.271. The third kappa shape index (κ3) is 3.75. The van der Waals surface area contributed by atoms with Crippen LogP contribution in [-0.4, -0.2) is 42.3 Å². The lowest BCUT2D eigenvalue weighted by Crippen LogP contribution is -2.49. The Morgan fingerprint density at radius 2 is 2.08 bits per heavy atom. The van der Waals surface area contributed by atoms with E-state index < -0.39 is 36.0 Å². The Morgan fingerprint density at radius 1 is 1.38 bits per heavy atom. The van der Waals surface area contributed by atoms with Crippen LogP contribution in [0.4, 0.5) is 13.2 Å². The summed E-state index contributed by atoms with van der Waals surface area (Å²) in [5.74, 6) is -1.56. The molecule has 0 saturated heterocycles. The average Bonchev–Trinajstić information content (AvgIpc) is 3.08. The number of nitrogens with one attached hydrogen (secondary N) is 1. The Kier molecular flexibility index (Phi) is 4.97. The minimum atomic E-state index is -5.04. The molecular weight excluding hydrogens is 327 g/mol. The van der Waals surface area contributed by atoms with Crippen molar-refractivity contribution in [3.63, 3.8) is 0 Å². The van der Waals surface area contributed by atoms with Crippen molar-refractivity contribution in [2.45, 2.75) is 37.7 Å². The summed E-state index contributed by atoms with van der Waals surface area (Å²) in [7, 11) is 1.32. The fourth-order valence-corrected chi connectivity index (χ4v) is 2.39. The molecule has 0 bridgehead atoms. The number of halogens is 3. The lowest BCUT2D eigenvalue weighted by atomic mass is 9.97. The number of aromatic nitrogens is 4. The number of amides is 1. The molecule has 0 aromatic carbocycles. The van der Waals surface area contributed by atoms with Crippen LogP contribution in [0.5, 0.6) is 0 Å². The van der Waals surface area contributed by atoms with Gasteiger partial charge in [-0.25, -0.2) is 9.97 Å². The second-order valence-corrected chi connectivity index (χ2v) is 5.62. The quantitative estimate of drug-likeness (QED) is 0.817. The number of hydrogen-bond donors (Lipinski definition) is 2. The summed E-state index contributed by atoms with van der Waals surface area (Å²) in [6.07, 6.45) is 0.938. The largest absolute Gasteiger partial charge is 0.425 e. The molecule has 0 aliphatic heterocycles. The number of aliphatic hydroxyl groups is 1. The summed E-state index contributed by atoms with van der Waals surface area (Å²) in [6.45, 7) is 1.99. The van der Waals surface area contributed by atoms with Crippen LogP contribution in [0.3, 0.4) is 0 Å². The molecule has 2 rings (SSSR count). The first-order valence-corrected chi connectivity index (χ1v) is 7.15. The van der Waals surface area contributed by atoms with E-state index in [4.69, 9.17) is 0 Å². The van der Waals surface area contributed by atoms with E-state index in [0.717, 1.165) is 10.8 Å². The highest BCUT2D eigenvalue weighted by Gasteiger charge is 2.58. The molecule has 1 amide bonds. The van der Waals surface area contributed by atoms with E-state index in [1.807, 2.05) is 0 Å². The maximum Gasteiger partial charge on any atom is 0.425 e. The molecule has 2 aromatic heterocycles. The minimum absolute atomic E-state index is 0.346. The summed E-state index contributed by atoms with van der Waals surface area (Å²) in [5, 5.41) is 12.6. The van der Waals surface area contributed by atoms with E-state index in [1.54, 1.807) is 23.9 Å². The van der Waals surface area contributed by atoms with Crippen molar-refractivity contribution in [3.05, 3.63) is 36.9 Å². The molecule has 0 fully saturated rings. The third-order valence-electron chi connectivity index (χ3n) is 3.53. The van der Waals surface area contributed by atoms with Crippen molar-refractivity contribution in [1.82, 2.24) is 24.4 Å². The normalized spacial score (nSPS) is 15.8. The highest BCUT2D eigenvalue weighted by molar-refractivity contribution is 5.77. The maximum atomic E-state index is 13.4. The molecule has 10 heteroatoms. The number of imidazole rings is 2. The van der Waals surface area contributed by atoms with E-state index >= 15 is 0 Å². The van der Waals surface area contributed by atoms with Crippen LogP contribution < -0.4 is 5.32 Å². The van der Waals surface area contributed by atoms with Gasteiger partial charge < -0.3 is 19.6 Å². The van der Waals surface area contributed by atoms with Gasteiger partial charge in [-0.3, -0.25) is 4.79 Å². The molecule has 0 aliphatic carbocycles. The maximum absolute atomic E-state index is 13.4. The summed E-state index contributed by atoms with van der Waals surface area (Å²) in [6, 6.07) is -0.439. The first-order valence-electron chi connectivity index (χ1n) is 7.15. The van der Waals surface area contributed by atoms with Crippen molar-refractivity contribution >= 4 is 5.91 Å². The fourth-order valence-electron chi connectivity index (χ4n) is 2.39. The Bertz CT molecular complexity index is 683. The van der Waals surface area contributed by atoms with Crippen molar-refractivity contribution in [3.8, 4) is 0 Å². The minimum Gasteiger partial charge on any atom is -0.374 e. The van der Waals surface area contributed by atoms with E-state index in [2.05, 4.69) is 15.3 Å². The van der Waals surface area contributed by atoms with E-state index in [0.29, 0.717) is 6.54 Å². The van der Waals surface area contributed by atoms with Gasteiger partial charge in [0.1, 0.15) is 0 Å². The van der Waals surface area contributed by atoms with Gasteiger partial charge >= 0.3 is 6.18 Å². The molecule has 0 radical (unpaired) electrons. The Labute approximate surface area is 136 Å². The number of nitrogens with zero attached hydrogens (tertiary/aromatic N) is 4. The summed E-state index contributed by atoms with van der Waals surface area (Å²) < 4.78 is 42.8. The van der Waals surface area contributed by atoms with Crippen molar-refractivity contribution < 1.29 is 23.1 Å². The van der Waals surface area contributed by atoms with Gasteiger partial charge in [0.2, 0.25) is 11.5 Å². The van der Waals surface area contributed by atoms with E-state index in [-0.39, 0.29) is 0 Å². The van der Waals surface area contributed by atoms with Crippen LogP contribution in [0.25, 0.3) is 0 Å². The van der Waals surface area contributed by atoms with Gasteiger partial charge in [0.25, 0.3) is 0 Å². The first kappa shape index (κ1) is 18.0. The fraction of sp³-hybridized carbons (Fsp3) is 0.500. The molecule has 0 spiro atoms. The topological polar surface area (TPSA) is 85.0 Å².